The van der Waals surface area contributed by atoms with E-state index in [4.69, 9.17) is 0 Å². The van der Waals surface area contributed by atoms with Gasteiger partial charge >= 0.3 is 0 Å². The van der Waals surface area contributed by atoms with Gasteiger partial charge in [-0.05, 0) is 41.8 Å². The van der Waals surface area contributed by atoms with Crippen molar-refractivity contribution in [2.45, 2.75) is 38.4 Å². The smallest absolute Gasteiger partial charge is 0.147 e. The lowest BCUT2D eigenvalue weighted by molar-refractivity contribution is 0.206. The van der Waals surface area contributed by atoms with Crippen LogP contribution in [0.25, 0.3) is 0 Å². The molecule has 0 bridgehead atoms. The molecule has 0 saturated carbocycles. The molecule has 0 radical (unpaired) electrons. The van der Waals surface area contributed by atoms with Crippen LogP contribution in [0, 0.1) is 0 Å². The van der Waals surface area contributed by atoms with Crippen molar-refractivity contribution in [2.24, 2.45) is 0 Å². The van der Waals surface area contributed by atoms with E-state index >= 15 is 0 Å². The molecule has 1 fully saturated rings. The van der Waals surface area contributed by atoms with E-state index in [0.29, 0.717) is 5.92 Å². The maximum atomic E-state index is 4.50. The Morgan fingerprint density at radius 1 is 1.33 bits per heavy atom. The van der Waals surface area contributed by atoms with Gasteiger partial charge in [-0.25, -0.2) is 0 Å². The number of fused-ring (bicyclic) bond motifs is 1. The third-order valence-electron chi connectivity index (χ3n) is 4.51. The van der Waals surface area contributed by atoms with Gasteiger partial charge in [0.1, 0.15) is 11.6 Å². The highest BCUT2D eigenvalue weighted by molar-refractivity contribution is 7.07. The molecule has 2 aliphatic rings. The standard InChI is InChI=1S/C15H21N5S/c1-2-13(8-16-4-1)15-18-17-14-10-19(5-6-20(14)15)9-12-3-7-21-11-12/h3,7,11,13,16H,1-2,4-6,8-10H2. The first-order valence-electron chi connectivity index (χ1n) is 7.76. The monoisotopic (exact) mass is 303 g/mol. The molecule has 0 amide bonds. The average Bonchev–Trinajstić information content (AvgIpc) is 3.17. The normalized spacial score (nSPS) is 23.1. The molecule has 1 saturated heterocycles. The number of aromatic nitrogens is 3. The van der Waals surface area contributed by atoms with Gasteiger partial charge in [-0.15, -0.1) is 10.2 Å². The average molecular weight is 303 g/mol. The second-order valence-corrected chi connectivity index (χ2v) is 6.79. The molecule has 2 aromatic heterocycles. The van der Waals surface area contributed by atoms with Gasteiger partial charge in [-0.2, -0.15) is 11.3 Å². The summed E-state index contributed by atoms with van der Waals surface area (Å²) in [6.45, 7) is 6.26. The quantitative estimate of drug-likeness (QED) is 0.939. The third-order valence-corrected chi connectivity index (χ3v) is 5.24. The molecule has 1 N–H and O–H groups in total. The van der Waals surface area contributed by atoms with Crippen LogP contribution in [0.5, 0.6) is 0 Å². The Morgan fingerprint density at radius 3 is 3.14 bits per heavy atom. The van der Waals surface area contributed by atoms with Crippen LogP contribution in [0.3, 0.4) is 0 Å². The van der Waals surface area contributed by atoms with E-state index in [1.54, 1.807) is 11.3 Å². The largest absolute Gasteiger partial charge is 0.316 e. The van der Waals surface area contributed by atoms with E-state index in [1.807, 2.05) is 0 Å². The van der Waals surface area contributed by atoms with Crippen molar-refractivity contribution >= 4 is 11.3 Å². The maximum Gasteiger partial charge on any atom is 0.147 e. The lowest BCUT2D eigenvalue weighted by Gasteiger charge is -2.29. The summed E-state index contributed by atoms with van der Waals surface area (Å²) >= 11 is 1.77. The summed E-state index contributed by atoms with van der Waals surface area (Å²) in [4.78, 5) is 2.47. The molecular formula is C15H21N5S. The Balaban J connectivity index is 1.48. The Bertz CT molecular complexity index is 585. The topological polar surface area (TPSA) is 46.0 Å². The maximum absolute atomic E-state index is 4.50. The molecule has 4 rings (SSSR count). The van der Waals surface area contributed by atoms with Crippen molar-refractivity contribution in [1.29, 1.82) is 0 Å². The highest BCUT2D eigenvalue weighted by atomic mass is 32.1. The van der Waals surface area contributed by atoms with E-state index in [-0.39, 0.29) is 0 Å². The van der Waals surface area contributed by atoms with E-state index in [0.717, 1.165) is 45.1 Å². The van der Waals surface area contributed by atoms with Crippen LogP contribution >= 0.6 is 11.3 Å². The first-order chi connectivity index (χ1) is 10.4. The van der Waals surface area contributed by atoms with E-state index in [1.165, 1.54) is 24.2 Å². The Labute approximate surface area is 129 Å². The molecule has 1 unspecified atom stereocenters. The second kappa shape index (κ2) is 5.87. The van der Waals surface area contributed by atoms with Crippen molar-refractivity contribution in [3.8, 4) is 0 Å². The van der Waals surface area contributed by atoms with Crippen LogP contribution in [0.4, 0.5) is 0 Å². The Morgan fingerprint density at radius 2 is 2.33 bits per heavy atom. The van der Waals surface area contributed by atoms with Crippen molar-refractivity contribution in [3.05, 3.63) is 34.0 Å². The SMILES string of the molecule is c1cc(CN2CCn3c(nnc3C3CCCNC3)C2)cs1. The minimum Gasteiger partial charge on any atom is -0.316 e. The molecule has 2 aliphatic heterocycles. The lowest BCUT2D eigenvalue weighted by atomic mass is 9.99. The molecule has 0 aliphatic carbocycles. The highest BCUT2D eigenvalue weighted by Gasteiger charge is 2.26. The van der Waals surface area contributed by atoms with Gasteiger partial charge in [0.05, 0.1) is 6.54 Å². The molecule has 5 nitrogen and oxygen atoms in total. The predicted octanol–water partition coefficient (Wildman–Crippen LogP) is 1.82. The third kappa shape index (κ3) is 2.75. The van der Waals surface area contributed by atoms with Gasteiger partial charge in [0.2, 0.25) is 0 Å². The van der Waals surface area contributed by atoms with E-state index in [9.17, 15) is 0 Å². The van der Waals surface area contributed by atoms with Crippen LogP contribution in [0.2, 0.25) is 0 Å². The minimum atomic E-state index is 0.545. The van der Waals surface area contributed by atoms with Gasteiger partial charge in [-0.1, -0.05) is 0 Å². The van der Waals surface area contributed by atoms with Crippen LogP contribution in [0.1, 0.15) is 36.0 Å². The van der Waals surface area contributed by atoms with Crippen molar-refractivity contribution < 1.29 is 0 Å². The van der Waals surface area contributed by atoms with Gasteiger partial charge in [0.15, 0.2) is 0 Å². The van der Waals surface area contributed by atoms with Gasteiger partial charge in [0.25, 0.3) is 0 Å². The summed E-state index contributed by atoms with van der Waals surface area (Å²) in [7, 11) is 0. The number of nitrogens with zero attached hydrogens (tertiary/aromatic N) is 4. The fourth-order valence-electron chi connectivity index (χ4n) is 3.38. The zero-order valence-corrected chi connectivity index (χ0v) is 13.0. The summed E-state index contributed by atoms with van der Waals surface area (Å²) in [5.41, 5.74) is 1.41. The van der Waals surface area contributed by atoms with Crippen LogP contribution in [0.15, 0.2) is 16.8 Å². The summed E-state index contributed by atoms with van der Waals surface area (Å²) < 4.78 is 2.36. The van der Waals surface area contributed by atoms with Crippen molar-refractivity contribution in [3.63, 3.8) is 0 Å². The van der Waals surface area contributed by atoms with E-state index in [2.05, 4.69) is 41.8 Å². The molecule has 6 heteroatoms. The Kier molecular flexibility index (Phi) is 3.75. The zero-order chi connectivity index (χ0) is 14.1. The molecule has 21 heavy (non-hydrogen) atoms. The molecule has 2 aromatic rings. The van der Waals surface area contributed by atoms with E-state index < -0.39 is 0 Å². The molecule has 112 valence electrons. The number of hydrogen-bond acceptors (Lipinski definition) is 5. The number of hydrogen-bond donors (Lipinski definition) is 1. The minimum absolute atomic E-state index is 0.545. The fourth-order valence-corrected chi connectivity index (χ4v) is 4.04. The summed E-state index contributed by atoms with van der Waals surface area (Å²) in [5, 5.41) is 16.8. The fraction of sp³-hybridized carbons (Fsp3) is 0.600. The lowest BCUT2D eigenvalue weighted by Crippen LogP contribution is -2.35. The van der Waals surface area contributed by atoms with Gasteiger partial charge in [-0.3, -0.25) is 4.90 Å². The zero-order valence-electron chi connectivity index (χ0n) is 12.2. The Hall–Kier alpha value is -1.24. The first-order valence-corrected chi connectivity index (χ1v) is 8.70. The number of nitrogens with one attached hydrogen (secondary N) is 1. The summed E-state index contributed by atoms with van der Waals surface area (Å²) in [6, 6.07) is 2.21. The summed E-state index contributed by atoms with van der Waals surface area (Å²) in [6.07, 6.45) is 2.49. The van der Waals surface area contributed by atoms with Gasteiger partial charge in [0, 0.05) is 32.1 Å². The molecular weight excluding hydrogens is 282 g/mol. The van der Waals surface area contributed by atoms with Crippen molar-refractivity contribution in [1.82, 2.24) is 25.0 Å². The predicted molar refractivity (Wildman–Crippen MR) is 83.3 cm³/mol. The first kappa shape index (κ1) is 13.4. The summed E-state index contributed by atoms with van der Waals surface area (Å²) in [5.74, 6) is 2.88. The molecule has 1 atom stereocenters. The molecule has 0 spiro atoms. The number of piperidine rings is 1. The molecule has 4 heterocycles. The highest BCUT2D eigenvalue weighted by Crippen LogP contribution is 2.25. The van der Waals surface area contributed by atoms with Crippen LogP contribution in [-0.4, -0.2) is 39.3 Å². The number of rotatable bonds is 3. The van der Waals surface area contributed by atoms with Crippen molar-refractivity contribution in [2.75, 3.05) is 19.6 Å². The molecule has 0 aromatic carbocycles. The second-order valence-electron chi connectivity index (χ2n) is 6.01. The van der Waals surface area contributed by atoms with Crippen LogP contribution in [-0.2, 0) is 19.6 Å². The number of thiophene rings is 1. The van der Waals surface area contributed by atoms with Crippen LogP contribution < -0.4 is 5.32 Å². The van der Waals surface area contributed by atoms with Gasteiger partial charge < -0.3 is 9.88 Å².